The second-order valence-electron chi connectivity index (χ2n) is 13.6. The van der Waals surface area contributed by atoms with Gasteiger partial charge in [0.25, 0.3) is 0 Å². The summed E-state index contributed by atoms with van der Waals surface area (Å²) in [6.45, 7) is 0. The summed E-state index contributed by atoms with van der Waals surface area (Å²) in [5.74, 6) is 1.87. The van der Waals surface area contributed by atoms with Crippen molar-refractivity contribution in [2.75, 3.05) is 0 Å². The maximum atomic E-state index is 5.23. The van der Waals surface area contributed by atoms with E-state index >= 15 is 0 Å². The Morgan fingerprint density at radius 3 is 1.67 bits per heavy atom. The van der Waals surface area contributed by atoms with Crippen LogP contribution in [0.2, 0.25) is 0 Å². The average molecular weight is 691 g/mol. The molecule has 4 aromatic heterocycles. The summed E-state index contributed by atoms with van der Waals surface area (Å²) in [4.78, 5) is 20.4. The summed E-state index contributed by atoms with van der Waals surface area (Å²) in [5, 5.41) is 4.64. The summed E-state index contributed by atoms with van der Waals surface area (Å²) < 4.78 is 4.59. The Morgan fingerprint density at radius 1 is 0.352 bits per heavy atom. The molecule has 0 unspecified atom stereocenters. The molecule has 0 saturated heterocycles. The molecule has 11 aromatic rings. The second-order valence-corrected chi connectivity index (χ2v) is 13.6. The Labute approximate surface area is 310 Å². The highest BCUT2D eigenvalue weighted by Crippen LogP contribution is 2.38. The van der Waals surface area contributed by atoms with Crippen molar-refractivity contribution in [3.05, 3.63) is 182 Å². The number of hydrogen-bond acceptors (Lipinski definition) is 4. The molecule has 0 bridgehead atoms. The Kier molecular flexibility index (Phi) is 6.75. The summed E-state index contributed by atoms with van der Waals surface area (Å²) in [7, 11) is 0. The molecule has 0 radical (unpaired) electrons. The maximum absolute atomic E-state index is 5.23. The average Bonchev–Trinajstić information content (AvgIpc) is 3.80. The van der Waals surface area contributed by atoms with Gasteiger partial charge in [0.1, 0.15) is 5.65 Å². The first-order valence-corrected chi connectivity index (χ1v) is 18.1. The van der Waals surface area contributed by atoms with E-state index in [0.29, 0.717) is 17.5 Å². The summed E-state index contributed by atoms with van der Waals surface area (Å²) in [5.41, 5.74) is 11.3. The number of benzene rings is 7. The van der Waals surface area contributed by atoms with E-state index in [1.165, 1.54) is 21.7 Å². The zero-order chi connectivity index (χ0) is 35.6. The highest BCUT2D eigenvalue weighted by molar-refractivity contribution is 6.22. The third kappa shape index (κ3) is 4.81. The van der Waals surface area contributed by atoms with Crippen molar-refractivity contribution in [2.45, 2.75) is 0 Å². The van der Waals surface area contributed by atoms with Crippen molar-refractivity contribution in [3.63, 3.8) is 0 Å². The molecule has 6 heteroatoms. The number of fused-ring (bicyclic) bond motifs is 7. The molecule has 0 fully saturated rings. The Balaban J connectivity index is 1.10. The van der Waals surface area contributed by atoms with Gasteiger partial charge in [-0.1, -0.05) is 140 Å². The van der Waals surface area contributed by atoms with Gasteiger partial charge in [0.05, 0.1) is 22.1 Å². The van der Waals surface area contributed by atoms with E-state index < -0.39 is 0 Å². The lowest BCUT2D eigenvalue weighted by Crippen LogP contribution is -2.01. The number of rotatable bonds is 5. The number of nitrogens with zero attached hydrogens (tertiary/aromatic N) is 6. The van der Waals surface area contributed by atoms with Gasteiger partial charge in [-0.2, -0.15) is 0 Å². The molecule has 7 aromatic carbocycles. The molecule has 0 atom stereocenters. The third-order valence-electron chi connectivity index (χ3n) is 10.4. The van der Waals surface area contributed by atoms with Gasteiger partial charge < -0.3 is 4.57 Å². The molecule has 0 saturated carbocycles. The van der Waals surface area contributed by atoms with E-state index in [4.69, 9.17) is 19.9 Å². The highest BCUT2D eigenvalue weighted by atomic mass is 15.0. The van der Waals surface area contributed by atoms with Crippen LogP contribution in [0.5, 0.6) is 0 Å². The first kappa shape index (κ1) is 30.2. The highest BCUT2D eigenvalue weighted by Gasteiger charge is 2.19. The van der Waals surface area contributed by atoms with Crippen LogP contribution >= 0.6 is 0 Å². The standard InChI is InChI=1S/C48H30N6/c1-3-13-31(14-4-1)32-25-27-34(28-26-32)46-50-45(33-15-5-2-6-16-33)51-47(52-46)35-17-11-18-36(29-35)53-30-39-44-38(20-12-24-43(44)53)37-19-7-9-22-41(37)54-42-23-10-8-21-40(42)49-48(39)54/h1-30H. The lowest BCUT2D eigenvalue weighted by Gasteiger charge is -2.11. The topological polar surface area (TPSA) is 60.9 Å². The van der Waals surface area contributed by atoms with Crippen LogP contribution in [-0.2, 0) is 0 Å². The zero-order valence-electron chi connectivity index (χ0n) is 29.0. The van der Waals surface area contributed by atoms with E-state index in [9.17, 15) is 0 Å². The summed E-state index contributed by atoms with van der Waals surface area (Å²) >= 11 is 0. The lowest BCUT2D eigenvalue weighted by atomic mass is 10.0. The fraction of sp³-hybridized carbons (Fsp3) is 0. The molecule has 6 nitrogen and oxygen atoms in total. The monoisotopic (exact) mass is 690 g/mol. The van der Waals surface area contributed by atoms with Crippen LogP contribution in [0.3, 0.4) is 0 Å². The number of imidazole rings is 1. The minimum atomic E-state index is 0.613. The molecule has 252 valence electrons. The first-order valence-electron chi connectivity index (χ1n) is 18.1. The van der Waals surface area contributed by atoms with Gasteiger partial charge in [-0.25, -0.2) is 19.9 Å². The van der Waals surface area contributed by atoms with Crippen molar-refractivity contribution in [2.24, 2.45) is 0 Å². The van der Waals surface area contributed by atoms with Crippen LogP contribution in [0, 0.1) is 0 Å². The molecular formula is C48H30N6. The smallest absolute Gasteiger partial charge is 0.164 e. The first-order chi connectivity index (χ1) is 26.8. The molecule has 0 aliphatic heterocycles. The van der Waals surface area contributed by atoms with Crippen LogP contribution < -0.4 is 0 Å². The van der Waals surface area contributed by atoms with E-state index in [1.54, 1.807) is 0 Å². The minimum Gasteiger partial charge on any atom is -0.316 e. The fourth-order valence-corrected chi connectivity index (χ4v) is 7.83. The van der Waals surface area contributed by atoms with Gasteiger partial charge >= 0.3 is 0 Å². The maximum Gasteiger partial charge on any atom is 0.164 e. The van der Waals surface area contributed by atoms with Gasteiger partial charge in [0.15, 0.2) is 17.5 Å². The molecule has 0 amide bonds. The van der Waals surface area contributed by atoms with Gasteiger partial charge in [-0.15, -0.1) is 0 Å². The van der Waals surface area contributed by atoms with Gasteiger partial charge in [-0.05, 0) is 52.9 Å². The van der Waals surface area contributed by atoms with E-state index in [0.717, 1.165) is 61.0 Å². The van der Waals surface area contributed by atoms with Crippen LogP contribution in [0.25, 0.3) is 100 Å². The predicted octanol–water partition coefficient (Wildman–Crippen LogP) is 11.6. The van der Waals surface area contributed by atoms with E-state index in [-0.39, 0.29) is 0 Å². The SMILES string of the molecule is c1ccc(-c2ccc(-c3nc(-c4ccccc4)nc(-c4cccc(-n5cc6c7c(cccc75)c5ccccc5n5c7ccccc7nc65)c4)n3)cc2)cc1. The van der Waals surface area contributed by atoms with Crippen LogP contribution in [0.1, 0.15) is 0 Å². The van der Waals surface area contributed by atoms with Gasteiger partial charge in [0.2, 0.25) is 0 Å². The van der Waals surface area contributed by atoms with E-state index in [2.05, 4.69) is 155 Å². The van der Waals surface area contributed by atoms with Gasteiger partial charge in [-0.3, -0.25) is 4.40 Å². The van der Waals surface area contributed by atoms with Crippen LogP contribution in [-0.4, -0.2) is 28.9 Å². The van der Waals surface area contributed by atoms with Gasteiger partial charge in [0, 0.05) is 44.7 Å². The third-order valence-corrected chi connectivity index (χ3v) is 10.4. The largest absolute Gasteiger partial charge is 0.316 e. The van der Waals surface area contributed by atoms with Crippen molar-refractivity contribution < 1.29 is 0 Å². The summed E-state index contributed by atoms with van der Waals surface area (Å²) in [6, 6.07) is 61.0. The van der Waals surface area contributed by atoms with Crippen LogP contribution in [0.4, 0.5) is 0 Å². The zero-order valence-corrected chi connectivity index (χ0v) is 29.0. The van der Waals surface area contributed by atoms with Crippen molar-refractivity contribution in [1.29, 1.82) is 0 Å². The molecule has 0 aliphatic rings. The molecule has 54 heavy (non-hydrogen) atoms. The molecule has 0 aliphatic carbocycles. The predicted molar refractivity (Wildman–Crippen MR) is 220 cm³/mol. The van der Waals surface area contributed by atoms with E-state index in [1.807, 2.05) is 36.4 Å². The number of aromatic nitrogens is 6. The molecule has 0 spiro atoms. The summed E-state index contributed by atoms with van der Waals surface area (Å²) in [6.07, 6.45) is 2.24. The quantitative estimate of drug-likeness (QED) is 0.180. The second kappa shape index (κ2) is 12.1. The molecule has 4 heterocycles. The van der Waals surface area contributed by atoms with Crippen molar-refractivity contribution in [1.82, 2.24) is 28.9 Å². The number of para-hydroxylation sites is 3. The molecular weight excluding hydrogens is 661 g/mol. The Bertz CT molecular complexity index is 3200. The minimum absolute atomic E-state index is 0.613. The van der Waals surface area contributed by atoms with Crippen molar-refractivity contribution >= 4 is 49.3 Å². The Hall–Kier alpha value is -7.44. The number of hydrogen-bond donors (Lipinski definition) is 0. The van der Waals surface area contributed by atoms with Crippen molar-refractivity contribution in [3.8, 4) is 51.0 Å². The Morgan fingerprint density at radius 2 is 0.889 bits per heavy atom. The fourth-order valence-electron chi connectivity index (χ4n) is 7.83. The lowest BCUT2D eigenvalue weighted by molar-refractivity contribution is 1.07. The normalized spacial score (nSPS) is 11.7. The molecule has 11 rings (SSSR count). The van der Waals surface area contributed by atoms with Crippen LogP contribution in [0.15, 0.2) is 182 Å². The molecule has 0 N–H and O–H groups in total.